The molecule has 4 rings (SSSR count). The van der Waals surface area contributed by atoms with Crippen molar-refractivity contribution in [1.29, 1.82) is 0 Å². The predicted octanol–water partition coefficient (Wildman–Crippen LogP) is 6.42. The number of fused-ring (bicyclic) bond motifs is 1. The van der Waals surface area contributed by atoms with Crippen LogP contribution in [0.15, 0.2) is 70.7 Å². The summed E-state index contributed by atoms with van der Waals surface area (Å²) in [7, 11) is 0. The molecule has 158 valence electrons. The maximum atomic E-state index is 4.71. The molecule has 0 unspecified atom stereocenters. The molecule has 0 aliphatic heterocycles. The highest BCUT2D eigenvalue weighted by Crippen LogP contribution is 2.26. The van der Waals surface area contributed by atoms with Gasteiger partial charge in [-0.1, -0.05) is 42.5 Å². The standard InChI is InChI=1S/C26H28N4S/c1-4-30(5-2)24-13-10-20(11-14-24)12-15-25(28-29-26-27-19(3)18-31-26)23-16-21-8-6-7-9-22(21)17-23/h6-16,18H,4-5,17H2,1-3H3,(H,27,29)/b15-12+,28-25-. The van der Waals surface area contributed by atoms with Crippen molar-refractivity contribution < 1.29 is 0 Å². The quantitative estimate of drug-likeness (QED) is 0.332. The van der Waals surface area contributed by atoms with Gasteiger partial charge in [0.2, 0.25) is 5.13 Å². The number of nitrogens with one attached hydrogen (secondary N) is 1. The number of aromatic nitrogens is 1. The van der Waals surface area contributed by atoms with Crippen molar-refractivity contribution in [2.24, 2.45) is 5.10 Å². The van der Waals surface area contributed by atoms with Gasteiger partial charge in [0, 0.05) is 30.6 Å². The Morgan fingerprint density at radius 2 is 1.90 bits per heavy atom. The molecular weight excluding hydrogens is 400 g/mol. The van der Waals surface area contributed by atoms with Crippen molar-refractivity contribution in [2.75, 3.05) is 23.4 Å². The van der Waals surface area contributed by atoms with Crippen LogP contribution in [0.1, 0.15) is 36.2 Å². The normalized spacial score (nSPS) is 13.4. The van der Waals surface area contributed by atoms with Crippen molar-refractivity contribution >= 4 is 40.0 Å². The van der Waals surface area contributed by atoms with Crippen LogP contribution in [-0.4, -0.2) is 23.8 Å². The second-order valence-corrected chi connectivity index (χ2v) is 8.40. The first kappa shape index (κ1) is 21.1. The minimum absolute atomic E-state index is 0.808. The largest absolute Gasteiger partial charge is 0.372 e. The van der Waals surface area contributed by atoms with Gasteiger partial charge in [-0.15, -0.1) is 11.3 Å². The Kier molecular flexibility index (Phi) is 6.63. The Hall–Kier alpha value is -3.18. The summed E-state index contributed by atoms with van der Waals surface area (Å²) in [6.45, 7) is 8.39. The Morgan fingerprint density at radius 3 is 2.58 bits per heavy atom. The van der Waals surface area contributed by atoms with E-state index >= 15 is 0 Å². The van der Waals surface area contributed by atoms with Crippen molar-refractivity contribution in [3.05, 3.63) is 87.9 Å². The highest BCUT2D eigenvalue weighted by molar-refractivity contribution is 7.13. The number of allylic oxidation sites excluding steroid dienone is 2. The molecule has 0 saturated heterocycles. The van der Waals surface area contributed by atoms with Crippen LogP contribution >= 0.6 is 11.3 Å². The van der Waals surface area contributed by atoms with Gasteiger partial charge >= 0.3 is 0 Å². The number of hydrogen-bond donors (Lipinski definition) is 1. The monoisotopic (exact) mass is 428 g/mol. The second-order valence-electron chi connectivity index (χ2n) is 7.55. The molecule has 1 N–H and O–H groups in total. The van der Waals surface area contributed by atoms with E-state index in [0.29, 0.717) is 0 Å². The fourth-order valence-corrected chi connectivity index (χ4v) is 4.36. The first-order valence-electron chi connectivity index (χ1n) is 10.7. The molecule has 1 aliphatic carbocycles. The van der Waals surface area contributed by atoms with Crippen LogP contribution in [0.3, 0.4) is 0 Å². The van der Waals surface area contributed by atoms with E-state index in [1.807, 2.05) is 12.3 Å². The first-order valence-corrected chi connectivity index (χ1v) is 11.6. The van der Waals surface area contributed by atoms with Crippen LogP contribution in [0.4, 0.5) is 10.8 Å². The molecule has 0 spiro atoms. The fourth-order valence-electron chi connectivity index (χ4n) is 3.73. The summed E-state index contributed by atoms with van der Waals surface area (Å²) in [5, 5.41) is 7.54. The van der Waals surface area contributed by atoms with Gasteiger partial charge in [0.25, 0.3) is 0 Å². The molecule has 0 bridgehead atoms. The molecule has 1 heterocycles. The van der Waals surface area contributed by atoms with Gasteiger partial charge in [0.1, 0.15) is 0 Å². The SMILES string of the molecule is CCN(CC)c1ccc(/C=C/C(=N/Nc2nc(C)cs2)C2=Cc3ccccc3C2)cc1. The molecule has 3 aromatic rings. The number of hydrogen-bond acceptors (Lipinski definition) is 5. The molecule has 2 aromatic carbocycles. The van der Waals surface area contributed by atoms with Crippen LogP contribution < -0.4 is 10.3 Å². The molecule has 5 heteroatoms. The van der Waals surface area contributed by atoms with E-state index in [4.69, 9.17) is 5.10 Å². The number of hydrazone groups is 1. The molecule has 0 atom stereocenters. The van der Waals surface area contributed by atoms with Gasteiger partial charge < -0.3 is 4.90 Å². The van der Waals surface area contributed by atoms with Gasteiger partial charge in [-0.3, -0.25) is 5.43 Å². The summed E-state index contributed by atoms with van der Waals surface area (Å²) < 4.78 is 0. The Bertz CT molecular complexity index is 1120. The number of rotatable bonds is 8. The second kappa shape index (κ2) is 9.75. The molecule has 1 aromatic heterocycles. The molecule has 0 fully saturated rings. The Balaban J connectivity index is 1.57. The predicted molar refractivity (Wildman–Crippen MR) is 135 cm³/mol. The smallest absolute Gasteiger partial charge is 0.203 e. The van der Waals surface area contributed by atoms with E-state index in [9.17, 15) is 0 Å². The Labute approximate surface area is 188 Å². The van der Waals surface area contributed by atoms with Crippen molar-refractivity contribution in [1.82, 2.24) is 4.98 Å². The van der Waals surface area contributed by atoms with Crippen LogP contribution in [0, 0.1) is 6.92 Å². The third-order valence-corrected chi connectivity index (χ3v) is 6.31. The molecule has 0 amide bonds. The van der Waals surface area contributed by atoms with Crippen molar-refractivity contribution in [3.63, 3.8) is 0 Å². The lowest BCUT2D eigenvalue weighted by Crippen LogP contribution is -2.21. The lowest BCUT2D eigenvalue weighted by molar-refractivity contribution is 0.866. The zero-order valence-electron chi connectivity index (χ0n) is 18.3. The average molecular weight is 429 g/mol. The summed E-state index contributed by atoms with van der Waals surface area (Å²) in [5.74, 6) is 0. The molecule has 4 nitrogen and oxygen atoms in total. The van der Waals surface area contributed by atoms with Crippen LogP contribution in [0.2, 0.25) is 0 Å². The fraction of sp³-hybridized carbons (Fsp3) is 0.231. The summed E-state index contributed by atoms with van der Waals surface area (Å²) in [6.07, 6.45) is 7.34. The van der Waals surface area contributed by atoms with Crippen molar-refractivity contribution in [3.8, 4) is 0 Å². The third kappa shape index (κ3) is 5.12. The van der Waals surface area contributed by atoms with Crippen molar-refractivity contribution in [2.45, 2.75) is 27.2 Å². The van der Waals surface area contributed by atoms with E-state index in [-0.39, 0.29) is 0 Å². The minimum atomic E-state index is 0.808. The molecule has 0 saturated carbocycles. The number of anilines is 2. The number of benzene rings is 2. The summed E-state index contributed by atoms with van der Waals surface area (Å²) >= 11 is 1.57. The van der Waals surface area contributed by atoms with Crippen LogP contribution in [0.25, 0.3) is 12.2 Å². The van der Waals surface area contributed by atoms with Crippen LogP contribution in [0.5, 0.6) is 0 Å². The Morgan fingerprint density at radius 1 is 1.13 bits per heavy atom. The number of thiazole rings is 1. The highest BCUT2D eigenvalue weighted by atomic mass is 32.1. The lowest BCUT2D eigenvalue weighted by atomic mass is 10.1. The van der Waals surface area contributed by atoms with E-state index in [0.717, 1.165) is 41.6 Å². The van der Waals surface area contributed by atoms with Gasteiger partial charge in [0.15, 0.2) is 0 Å². The number of nitrogens with zero attached hydrogens (tertiary/aromatic N) is 3. The summed E-state index contributed by atoms with van der Waals surface area (Å²) in [4.78, 5) is 6.81. The van der Waals surface area contributed by atoms with E-state index in [1.165, 1.54) is 22.4 Å². The molecule has 31 heavy (non-hydrogen) atoms. The van der Waals surface area contributed by atoms with E-state index < -0.39 is 0 Å². The van der Waals surface area contributed by atoms with Gasteiger partial charge in [-0.05, 0) is 67.3 Å². The molecular formula is C26H28N4S. The lowest BCUT2D eigenvalue weighted by Gasteiger charge is -2.20. The topological polar surface area (TPSA) is 40.5 Å². The average Bonchev–Trinajstić information content (AvgIpc) is 3.41. The zero-order valence-corrected chi connectivity index (χ0v) is 19.1. The first-order chi connectivity index (χ1) is 15.2. The minimum Gasteiger partial charge on any atom is -0.372 e. The zero-order chi connectivity index (χ0) is 21.6. The maximum absolute atomic E-state index is 4.71. The third-order valence-electron chi connectivity index (χ3n) is 5.44. The van der Waals surface area contributed by atoms with Gasteiger partial charge in [-0.25, -0.2) is 4.98 Å². The molecule has 0 radical (unpaired) electrons. The highest BCUT2D eigenvalue weighted by Gasteiger charge is 2.15. The number of aryl methyl sites for hydroxylation is 1. The van der Waals surface area contributed by atoms with E-state index in [2.05, 4.69) is 95.9 Å². The maximum Gasteiger partial charge on any atom is 0.203 e. The van der Waals surface area contributed by atoms with E-state index in [1.54, 1.807) is 11.3 Å². The molecule has 1 aliphatic rings. The summed E-state index contributed by atoms with van der Waals surface area (Å²) in [5.41, 5.74) is 11.3. The van der Waals surface area contributed by atoms with Gasteiger partial charge in [-0.2, -0.15) is 5.10 Å². The van der Waals surface area contributed by atoms with Gasteiger partial charge in [0.05, 0.1) is 11.4 Å². The van der Waals surface area contributed by atoms with Crippen LogP contribution in [-0.2, 0) is 6.42 Å². The summed E-state index contributed by atoms with van der Waals surface area (Å²) in [6, 6.07) is 17.2.